The summed E-state index contributed by atoms with van der Waals surface area (Å²) >= 11 is 0.648. The van der Waals surface area contributed by atoms with E-state index in [1.165, 1.54) is 25.3 Å². The van der Waals surface area contributed by atoms with Gasteiger partial charge >= 0.3 is 5.97 Å². The van der Waals surface area contributed by atoms with Gasteiger partial charge in [0.05, 0.1) is 23.3 Å². The number of benzene rings is 2. The molecule has 3 rings (SSSR count). The lowest BCUT2D eigenvalue weighted by Gasteiger charge is -2.12. The van der Waals surface area contributed by atoms with Crippen LogP contribution in [0.15, 0.2) is 47.4 Å². The van der Waals surface area contributed by atoms with Crippen molar-refractivity contribution in [1.29, 1.82) is 0 Å². The molecule has 0 radical (unpaired) electrons. The van der Waals surface area contributed by atoms with Crippen LogP contribution in [0.25, 0.3) is 6.08 Å². The molecule has 0 aliphatic carbocycles. The highest BCUT2D eigenvalue weighted by Crippen LogP contribution is 2.32. The molecule has 0 spiro atoms. The van der Waals surface area contributed by atoms with Crippen molar-refractivity contribution in [3.8, 4) is 0 Å². The second-order valence-corrected chi connectivity index (χ2v) is 7.05. The summed E-state index contributed by atoms with van der Waals surface area (Å²) in [6, 6.07) is 8.76. The standard InChI is InChI=1S/C20H14F2N2O5S/c1-29-19(27)12-4-2-11(3-5-12)8-16-18(26)24(20(28)30-16)10-17(25)23-15-7-6-13(21)9-14(15)22/h2-9H,10H2,1H3,(H,23,25). The molecular weight excluding hydrogens is 418 g/mol. The van der Waals surface area contributed by atoms with E-state index in [0.29, 0.717) is 29.0 Å². The Morgan fingerprint density at radius 1 is 1.13 bits per heavy atom. The molecule has 10 heteroatoms. The summed E-state index contributed by atoms with van der Waals surface area (Å²) in [5.41, 5.74) is 0.619. The smallest absolute Gasteiger partial charge is 0.337 e. The number of imide groups is 1. The molecule has 30 heavy (non-hydrogen) atoms. The van der Waals surface area contributed by atoms with Crippen LogP contribution in [-0.4, -0.2) is 41.6 Å². The third-order valence-corrected chi connectivity index (χ3v) is 4.92. The largest absolute Gasteiger partial charge is 0.465 e. The van der Waals surface area contributed by atoms with Gasteiger partial charge in [-0.05, 0) is 47.7 Å². The van der Waals surface area contributed by atoms with Gasteiger partial charge in [0.1, 0.15) is 18.2 Å². The molecule has 2 aromatic rings. The highest BCUT2D eigenvalue weighted by molar-refractivity contribution is 8.18. The monoisotopic (exact) mass is 432 g/mol. The van der Waals surface area contributed by atoms with Gasteiger partial charge in [-0.2, -0.15) is 0 Å². The van der Waals surface area contributed by atoms with Crippen molar-refractivity contribution in [1.82, 2.24) is 4.90 Å². The van der Waals surface area contributed by atoms with Gasteiger partial charge in [-0.1, -0.05) is 12.1 Å². The summed E-state index contributed by atoms with van der Waals surface area (Å²) in [4.78, 5) is 49.0. The number of methoxy groups -OCH3 is 1. The number of ether oxygens (including phenoxy) is 1. The van der Waals surface area contributed by atoms with Crippen molar-refractivity contribution in [2.75, 3.05) is 19.0 Å². The maximum Gasteiger partial charge on any atom is 0.337 e. The fraction of sp³-hybridized carbons (Fsp3) is 0.100. The number of halogens is 2. The summed E-state index contributed by atoms with van der Waals surface area (Å²) in [6.07, 6.45) is 1.45. The Labute approximate surface area is 173 Å². The molecule has 1 N–H and O–H groups in total. The topological polar surface area (TPSA) is 92.8 Å². The van der Waals surface area contributed by atoms with Crippen LogP contribution in [0, 0.1) is 11.6 Å². The molecule has 0 bridgehead atoms. The predicted octanol–water partition coefficient (Wildman–Crippen LogP) is 3.43. The summed E-state index contributed by atoms with van der Waals surface area (Å²) in [7, 11) is 1.26. The Kier molecular flexibility index (Phi) is 6.26. The number of nitrogens with zero attached hydrogens (tertiary/aromatic N) is 1. The van der Waals surface area contributed by atoms with Gasteiger partial charge in [0, 0.05) is 6.07 Å². The van der Waals surface area contributed by atoms with Crippen LogP contribution in [0.3, 0.4) is 0 Å². The van der Waals surface area contributed by atoms with Crippen LogP contribution in [0.2, 0.25) is 0 Å². The molecule has 1 fully saturated rings. The number of nitrogens with one attached hydrogen (secondary N) is 1. The minimum atomic E-state index is -0.979. The Morgan fingerprint density at radius 2 is 1.83 bits per heavy atom. The fourth-order valence-electron chi connectivity index (χ4n) is 2.55. The molecule has 1 heterocycles. The number of amides is 3. The Bertz CT molecular complexity index is 1070. The summed E-state index contributed by atoms with van der Waals surface area (Å²) in [5, 5.41) is 1.53. The molecule has 0 aromatic heterocycles. The number of hydrogen-bond donors (Lipinski definition) is 1. The number of hydrogen-bond acceptors (Lipinski definition) is 6. The van der Waals surface area contributed by atoms with Crippen molar-refractivity contribution in [3.05, 3.63) is 70.1 Å². The van der Waals surface area contributed by atoms with Gasteiger partial charge in [-0.15, -0.1) is 0 Å². The quantitative estimate of drug-likeness (QED) is 0.575. The molecule has 0 atom stereocenters. The van der Waals surface area contributed by atoms with E-state index in [0.717, 1.165) is 17.0 Å². The first kappa shape index (κ1) is 21.2. The molecule has 2 aromatic carbocycles. The number of anilines is 1. The van der Waals surface area contributed by atoms with E-state index in [4.69, 9.17) is 0 Å². The van der Waals surface area contributed by atoms with Crippen molar-refractivity contribution in [2.45, 2.75) is 0 Å². The molecule has 1 aliphatic heterocycles. The molecule has 1 saturated heterocycles. The van der Waals surface area contributed by atoms with Crippen LogP contribution >= 0.6 is 11.8 Å². The highest BCUT2D eigenvalue weighted by Gasteiger charge is 2.36. The molecule has 0 unspecified atom stereocenters. The maximum atomic E-state index is 13.6. The predicted molar refractivity (Wildman–Crippen MR) is 105 cm³/mol. The zero-order valence-corrected chi connectivity index (χ0v) is 16.3. The number of thioether (sulfide) groups is 1. The minimum Gasteiger partial charge on any atom is -0.465 e. The average Bonchev–Trinajstić information content (AvgIpc) is 2.97. The van der Waals surface area contributed by atoms with Crippen LogP contribution in [-0.2, 0) is 14.3 Å². The van der Waals surface area contributed by atoms with Crippen LogP contribution in [0.4, 0.5) is 19.3 Å². The third-order valence-electron chi connectivity index (χ3n) is 4.01. The summed E-state index contributed by atoms with van der Waals surface area (Å²) in [6.45, 7) is -0.625. The SMILES string of the molecule is COC(=O)c1ccc(C=C2SC(=O)N(CC(=O)Nc3ccc(F)cc3F)C2=O)cc1. The number of carbonyl (C=O) groups is 4. The van der Waals surface area contributed by atoms with E-state index in [9.17, 15) is 28.0 Å². The molecule has 0 saturated carbocycles. The third kappa shape index (κ3) is 4.71. The Morgan fingerprint density at radius 3 is 2.47 bits per heavy atom. The zero-order valence-electron chi connectivity index (χ0n) is 15.5. The van der Waals surface area contributed by atoms with Crippen molar-refractivity contribution in [2.24, 2.45) is 0 Å². The lowest BCUT2D eigenvalue weighted by atomic mass is 10.1. The van der Waals surface area contributed by atoms with Crippen molar-refractivity contribution < 1.29 is 32.7 Å². The van der Waals surface area contributed by atoms with Gasteiger partial charge in [0.25, 0.3) is 11.1 Å². The van der Waals surface area contributed by atoms with Gasteiger partial charge in [0.2, 0.25) is 5.91 Å². The molecule has 7 nitrogen and oxygen atoms in total. The van der Waals surface area contributed by atoms with E-state index >= 15 is 0 Å². The lowest BCUT2D eigenvalue weighted by Crippen LogP contribution is -2.36. The highest BCUT2D eigenvalue weighted by atomic mass is 32.2. The van der Waals surface area contributed by atoms with Crippen LogP contribution < -0.4 is 5.32 Å². The van der Waals surface area contributed by atoms with E-state index in [1.54, 1.807) is 12.1 Å². The van der Waals surface area contributed by atoms with Crippen molar-refractivity contribution >= 4 is 46.5 Å². The van der Waals surface area contributed by atoms with Gasteiger partial charge in [-0.3, -0.25) is 19.3 Å². The van der Waals surface area contributed by atoms with E-state index in [2.05, 4.69) is 10.1 Å². The van der Waals surface area contributed by atoms with E-state index in [1.807, 2.05) is 0 Å². The number of carbonyl (C=O) groups excluding carboxylic acids is 4. The number of rotatable bonds is 5. The first-order valence-electron chi connectivity index (χ1n) is 8.47. The second kappa shape index (κ2) is 8.87. The van der Waals surface area contributed by atoms with Gasteiger partial charge in [0.15, 0.2) is 0 Å². The summed E-state index contributed by atoms with van der Waals surface area (Å²) in [5.74, 6) is -3.79. The first-order chi connectivity index (χ1) is 14.3. The summed E-state index contributed by atoms with van der Waals surface area (Å²) < 4.78 is 31.2. The van der Waals surface area contributed by atoms with Gasteiger partial charge < -0.3 is 10.1 Å². The molecular formula is C20H14F2N2O5S. The average molecular weight is 432 g/mol. The Balaban J connectivity index is 1.69. The first-order valence-corrected chi connectivity index (χ1v) is 9.29. The van der Waals surface area contributed by atoms with Crippen LogP contribution in [0.5, 0.6) is 0 Å². The fourth-order valence-corrected chi connectivity index (χ4v) is 3.38. The van der Waals surface area contributed by atoms with E-state index < -0.39 is 41.2 Å². The maximum absolute atomic E-state index is 13.6. The lowest BCUT2D eigenvalue weighted by molar-refractivity contribution is -0.127. The second-order valence-electron chi connectivity index (χ2n) is 6.05. The zero-order chi connectivity index (χ0) is 21.8. The molecule has 154 valence electrons. The van der Waals surface area contributed by atoms with Gasteiger partial charge in [-0.25, -0.2) is 13.6 Å². The van der Waals surface area contributed by atoms with Crippen molar-refractivity contribution in [3.63, 3.8) is 0 Å². The minimum absolute atomic E-state index is 0.0894. The number of esters is 1. The van der Waals surface area contributed by atoms with E-state index in [-0.39, 0.29) is 10.6 Å². The molecule has 1 aliphatic rings. The Hall–Kier alpha value is -3.53. The normalized spacial score (nSPS) is 14.9. The van der Waals surface area contributed by atoms with Crippen LogP contribution in [0.1, 0.15) is 15.9 Å². The molecule has 3 amide bonds.